The van der Waals surface area contributed by atoms with Gasteiger partial charge in [-0.2, -0.15) is 0 Å². The minimum absolute atomic E-state index is 0.0617. The molecule has 0 bridgehead atoms. The minimum Gasteiger partial charge on any atom is -0.495 e. The number of hydrogen-bond donors (Lipinski definition) is 1. The number of amides is 1. The number of methoxy groups -OCH3 is 1. The van der Waals surface area contributed by atoms with Crippen LogP contribution < -0.4 is 15.5 Å². The van der Waals surface area contributed by atoms with Crippen molar-refractivity contribution in [3.05, 3.63) is 18.2 Å². The zero-order valence-electron chi connectivity index (χ0n) is 14.4. The molecule has 1 amide bonds. The Morgan fingerprint density at radius 3 is 2.35 bits per heavy atom. The van der Waals surface area contributed by atoms with E-state index in [4.69, 9.17) is 14.0 Å². The van der Waals surface area contributed by atoms with E-state index in [0.29, 0.717) is 11.4 Å². The van der Waals surface area contributed by atoms with Gasteiger partial charge in [-0.15, -0.1) is 0 Å². The van der Waals surface area contributed by atoms with Crippen LogP contribution in [0.15, 0.2) is 18.2 Å². The minimum atomic E-state index is -0.443. The standard InChI is InChI=1S/C17H24BNO4/c1-16(2)17(3,4)23-18(22-16)12-8-9-13(14(10-12)21-5)19-15(20)11-6-7-11/h8-11H,6-7H2,1-5H3,(H,19,20). The summed E-state index contributed by atoms with van der Waals surface area (Å²) in [5.41, 5.74) is 0.794. The number of carbonyl (C=O) groups is 1. The van der Waals surface area contributed by atoms with Gasteiger partial charge in [0.2, 0.25) is 5.91 Å². The van der Waals surface area contributed by atoms with Crippen LogP contribution in [0.25, 0.3) is 0 Å². The molecule has 1 heterocycles. The first kappa shape index (κ1) is 16.3. The maximum absolute atomic E-state index is 11.9. The molecular weight excluding hydrogens is 293 g/mol. The zero-order chi connectivity index (χ0) is 16.8. The van der Waals surface area contributed by atoms with E-state index in [1.165, 1.54) is 0 Å². The Hall–Kier alpha value is -1.53. The summed E-state index contributed by atoms with van der Waals surface area (Å²) in [7, 11) is 1.15. The summed E-state index contributed by atoms with van der Waals surface area (Å²) in [6.45, 7) is 8.09. The maximum atomic E-state index is 11.9. The molecule has 1 aliphatic heterocycles. The molecule has 0 atom stereocenters. The van der Waals surface area contributed by atoms with Crippen LogP contribution in [0.4, 0.5) is 5.69 Å². The lowest BCUT2D eigenvalue weighted by Gasteiger charge is -2.32. The first-order valence-corrected chi connectivity index (χ1v) is 8.08. The Morgan fingerprint density at radius 1 is 1.22 bits per heavy atom. The highest BCUT2D eigenvalue weighted by molar-refractivity contribution is 6.62. The van der Waals surface area contributed by atoms with E-state index in [2.05, 4.69) is 5.32 Å². The van der Waals surface area contributed by atoms with Gasteiger partial charge >= 0.3 is 7.12 Å². The summed E-state index contributed by atoms with van der Waals surface area (Å²) in [6, 6.07) is 5.62. The highest BCUT2D eigenvalue weighted by Crippen LogP contribution is 2.37. The van der Waals surface area contributed by atoms with Gasteiger partial charge in [0.05, 0.1) is 24.0 Å². The molecule has 2 fully saturated rings. The van der Waals surface area contributed by atoms with Crippen molar-refractivity contribution < 1.29 is 18.8 Å². The van der Waals surface area contributed by atoms with Crippen LogP contribution >= 0.6 is 0 Å². The fraction of sp³-hybridized carbons (Fsp3) is 0.588. The van der Waals surface area contributed by atoms with E-state index in [-0.39, 0.29) is 23.0 Å². The molecule has 0 spiro atoms. The van der Waals surface area contributed by atoms with E-state index in [1.807, 2.05) is 45.9 Å². The first-order valence-electron chi connectivity index (χ1n) is 8.08. The van der Waals surface area contributed by atoms with Crippen molar-refractivity contribution in [3.63, 3.8) is 0 Å². The van der Waals surface area contributed by atoms with Gasteiger partial charge in [0.15, 0.2) is 0 Å². The molecule has 1 N–H and O–H groups in total. The Morgan fingerprint density at radius 2 is 1.83 bits per heavy atom. The molecule has 1 aromatic rings. The fourth-order valence-electron chi connectivity index (χ4n) is 2.52. The highest BCUT2D eigenvalue weighted by atomic mass is 16.7. The molecule has 23 heavy (non-hydrogen) atoms. The molecule has 3 rings (SSSR count). The predicted molar refractivity (Wildman–Crippen MR) is 90.1 cm³/mol. The van der Waals surface area contributed by atoms with E-state index >= 15 is 0 Å². The molecule has 1 aromatic carbocycles. The normalized spacial score (nSPS) is 22.0. The van der Waals surface area contributed by atoms with Crippen molar-refractivity contribution in [1.82, 2.24) is 0 Å². The van der Waals surface area contributed by atoms with E-state index in [0.717, 1.165) is 18.3 Å². The van der Waals surface area contributed by atoms with Crippen LogP contribution in [-0.2, 0) is 14.1 Å². The number of nitrogens with one attached hydrogen (secondary N) is 1. The second-order valence-corrected chi connectivity index (χ2v) is 7.31. The fourth-order valence-corrected chi connectivity index (χ4v) is 2.52. The molecule has 0 unspecified atom stereocenters. The summed E-state index contributed by atoms with van der Waals surface area (Å²) in [5, 5.41) is 2.93. The SMILES string of the molecule is COc1cc(B2OC(C)(C)C(C)(C)O2)ccc1NC(=O)C1CC1. The van der Waals surface area contributed by atoms with Gasteiger partial charge in [0.25, 0.3) is 0 Å². The quantitative estimate of drug-likeness (QED) is 0.866. The molecule has 2 aliphatic rings. The molecule has 1 saturated heterocycles. The van der Waals surface area contributed by atoms with Gasteiger partial charge < -0.3 is 19.4 Å². The lowest BCUT2D eigenvalue weighted by molar-refractivity contribution is -0.117. The Kier molecular flexibility index (Phi) is 3.93. The van der Waals surface area contributed by atoms with Crippen molar-refractivity contribution in [2.24, 2.45) is 5.92 Å². The van der Waals surface area contributed by atoms with Crippen molar-refractivity contribution in [2.45, 2.75) is 51.7 Å². The van der Waals surface area contributed by atoms with E-state index in [1.54, 1.807) is 7.11 Å². The molecule has 0 radical (unpaired) electrons. The molecule has 124 valence electrons. The third kappa shape index (κ3) is 3.10. The smallest absolute Gasteiger partial charge is 0.494 e. The van der Waals surface area contributed by atoms with Gasteiger partial charge in [-0.1, -0.05) is 6.07 Å². The number of benzene rings is 1. The van der Waals surface area contributed by atoms with Crippen LogP contribution in [-0.4, -0.2) is 31.3 Å². The van der Waals surface area contributed by atoms with Gasteiger partial charge in [-0.3, -0.25) is 4.79 Å². The molecular formula is C17H24BNO4. The van der Waals surface area contributed by atoms with E-state index < -0.39 is 7.12 Å². The van der Waals surface area contributed by atoms with Crippen LogP contribution in [0, 0.1) is 5.92 Å². The van der Waals surface area contributed by atoms with Gasteiger partial charge in [-0.05, 0) is 58.1 Å². The summed E-state index contributed by atoms with van der Waals surface area (Å²) in [6.07, 6.45) is 1.94. The lowest BCUT2D eigenvalue weighted by atomic mass is 9.79. The number of carbonyl (C=O) groups excluding carboxylic acids is 1. The molecule has 1 aliphatic carbocycles. The highest BCUT2D eigenvalue weighted by Gasteiger charge is 2.51. The monoisotopic (exact) mass is 317 g/mol. The topological polar surface area (TPSA) is 56.8 Å². The third-order valence-electron chi connectivity index (χ3n) is 4.96. The van der Waals surface area contributed by atoms with Gasteiger partial charge in [-0.25, -0.2) is 0 Å². The molecule has 1 saturated carbocycles. The van der Waals surface area contributed by atoms with Crippen molar-refractivity contribution in [1.29, 1.82) is 0 Å². The van der Waals surface area contributed by atoms with Crippen molar-refractivity contribution >= 4 is 24.2 Å². The average molecular weight is 317 g/mol. The lowest BCUT2D eigenvalue weighted by Crippen LogP contribution is -2.41. The van der Waals surface area contributed by atoms with Crippen molar-refractivity contribution in [2.75, 3.05) is 12.4 Å². The Balaban J connectivity index is 1.80. The number of hydrogen-bond acceptors (Lipinski definition) is 4. The number of anilines is 1. The van der Waals surface area contributed by atoms with Gasteiger partial charge in [0, 0.05) is 5.92 Å². The summed E-state index contributed by atoms with van der Waals surface area (Å²) < 4.78 is 17.5. The molecule has 0 aromatic heterocycles. The van der Waals surface area contributed by atoms with Crippen LogP contribution in [0.2, 0.25) is 0 Å². The molecule has 6 heteroatoms. The second kappa shape index (κ2) is 5.53. The average Bonchev–Trinajstić information content (AvgIpc) is 3.27. The summed E-state index contributed by atoms with van der Waals surface area (Å²) in [4.78, 5) is 11.9. The number of ether oxygens (including phenoxy) is 1. The second-order valence-electron chi connectivity index (χ2n) is 7.31. The van der Waals surface area contributed by atoms with Gasteiger partial charge in [0.1, 0.15) is 5.75 Å². The predicted octanol–water partition coefficient (Wildman–Crippen LogP) is 2.34. The van der Waals surface area contributed by atoms with Crippen LogP contribution in [0.1, 0.15) is 40.5 Å². The Bertz CT molecular complexity index is 609. The van der Waals surface area contributed by atoms with Crippen LogP contribution in [0.3, 0.4) is 0 Å². The third-order valence-corrected chi connectivity index (χ3v) is 4.96. The maximum Gasteiger partial charge on any atom is 0.494 e. The van der Waals surface area contributed by atoms with Crippen molar-refractivity contribution in [3.8, 4) is 5.75 Å². The zero-order valence-corrected chi connectivity index (χ0v) is 14.4. The largest absolute Gasteiger partial charge is 0.495 e. The Labute approximate surface area is 137 Å². The first-order chi connectivity index (χ1) is 10.7. The summed E-state index contributed by atoms with van der Waals surface area (Å²) in [5.74, 6) is 0.834. The summed E-state index contributed by atoms with van der Waals surface area (Å²) >= 11 is 0. The molecule has 5 nitrogen and oxygen atoms in total. The van der Waals surface area contributed by atoms with Crippen LogP contribution in [0.5, 0.6) is 5.75 Å². The number of rotatable bonds is 4. The van der Waals surface area contributed by atoms with E-state index in [9.17, 15) is 4.79 Å².